The minimum Gasteiger partial charge on any atom is -0.396 e. The molecule has 1 unspecified atom stereocenters. The van der Waals surface area contributed by atoms with Gasteiger partial charge in [0.25, 0.3) is 0 Å². The van der Waals surface area contributed by atoms with Crippen LogP contribution in [0.4, 0.5) is 5.69 Å². The van der Waals surface area contributed by atoms with Gasteiger partial charge in [-0.2, -0.15) is 0 Å². The lowest BCUT2D eigenvalue weighted by molar-refractivity contribution is -0.120. The summed E-state index contributed by atoms with van der Waals surface area (Å²) in [7, 11) is 0. The summed E-state index contributed by atoms with van der Waals surface area (Å²) in [6, 6.07) is 8.62. The van der Waals surface area contributed by atoms with Gasteiger partial charge >= 0.3 is 0 Å². The van der Waals surface area contributed by atoms with Crippen molar-refractivity contribution < 1.29 is 15.0 Å². The van der Waals surface area contributed by atoms with Gasteiger partial charge in [-0.15, -0.1) is 0 Å². The Morgan fingerprint density at radius 2 is 2.08 bits per heavy atom. The fraction of sp³-hybridized carbons (Fsp3) is 0.235. The summed E-state index contributed by atoms with van der Waals surface area (Å²) in [6.45, 7) is -0.429. The van der Waals surface area contributed by atoms with Gasteiger partial charge in [0.15, 0.2) is 0 Å². The number of rotatable bonds is 6. The summed E-state index contributed by atoms with van der Waals surface area (Å²) in [5, 5.41) is 22.4. The molecule has 1 amide bonds. The number of para-hydroxylation sites is 1. The van der Waals surface area contributed by atoms with E-state index in [1.54, 1.807) is 17.0 Å². The van der Waals surface area contributed by atoms with Gasteiger partial charge in [-0.05, 0) is 12.1 Å². The van der Waals surface area contributed by atoms with Crippen LogP contribution in [-0.2, 0) is 11.2 Å². The number of benzene rings is 1. The van der Waals surface area contributed by atoms with E-state index in [0.717, 1.165) is 10.9 Å². The zero-order chi connectivity index (χ0) is 16.9. The summed E-state index contributed by atoms with van der Waals surface area (Å²) < 4.78 is 1.57. The molecule has 0 aliphatic rings. The largest absolute Gasteiger partial charge is 0.396 e. The van der Waals surface area contributed by atoms with Gasteiger partial charge in [-0.3, -0.25) is 9.78 Å². The molecule has 0 radical (unpaired) electrons. The molecular formula is C17H18N4O3. The molecule has 1 atom stereocenters. The molecule has 0 saturated heterocycles. The van der Waals surface area contributed by atoms with Crippen LogP contribution in [0.25, 0.3) is 10.9 Å². The number of carbonyl (C=O) groups is 1. The Bertz CT molecular complexity index is 846. The van der Waals surface area contributed by atoms with Crippen molar-refractivity contribution in [3.05, 3.63) is 54.7 Å². The van der Waals surface area contributed by atoms with Crippen LogP contribution >= 0.6 is 0 Å². The molecule has 124 valence electrons. The summed E-state index contributed by atoms with van der Waals surface area (Å²) >= 11 is 0. The summed E-state index contributed by atoms with van der Waals surface area (Å²) in [5.41, 5.74) is 2.08. The van der Waals surface area contributed by atoms with Crippen molar-refractivity contribution in [1.82, 2.24) is 14.5 Å². The topological polar surface area (TPSA) is 100 Å². The summed E-state index contributed by atoms with van der Waals surface area (Å²) in [4.78, 5) is 20.8. The second-order valence-corrected chi connectivity index (χ2v) is 5.37. The second kappa shape index (κ2) is 7.20. The van der Waals surface area contributed by atoms with Crippen LogP contribution in [0.5, 0.6) is 0 Å². The number of carbonyl (C=O) groups excluding carboxylic acids is 1. The number of pyridine rings is 1. The lowest BCUT2D eigenvalue weighted by Gasteiger charge is -2.18. The van der Waals surface area contributed by atoms with E-state index in [2.05, 4.69) is 15.3 Å². The van der Waals surface area contributed by atoms with Crippen LogP contribution in [-0.4, -0.2) is 43.9 Å². The number of aromatic nitrogens is 3. The first-order chi connectivity index (χ1) is 11.7. The van der Waals surface area contributed by atoms with Crippen molar-refractivity contribution in [3.63, 3.8) is 0 Å². The average molecular weight is 326 g/mol. The molecule has 0 aliphatic carbocycles. The quantitative estimate of drug-likeness (QED) is 0.631. The molecule has 2 aromatic heterocycles. The fourth-order valence-corrected chi connectivity index (χ4v) is 2.58. The van der Waals surface area contributed by atoms with E-state index in [1.165, 1.54) is 6.33 Å². The number of nitrogens with zero attached hydrogens (tertiary/aromatic N) is 3. The van der Waals surface area contributed by atoms with Gasteiger partial charge in [0.1, 0.15) is 6.04 Å². The predicted molar refractivity (Wildman–Crippen MR) is 89.5 cm³/mol. The number of hydrogen-bond acceptors (Lipinski definition) is 5. The predicted octanol–water partition coefficient (Wildman–Crippen LogP) is 1.14. The van der Waals surface area contributed by atoms with E-state index in [1.807, 2.05) is 30.3 Å². The molecule has 7 nitrogen and oxygen atoms in total. The number of aliphatic hydroxyl groups excluding tert-OH is 2. The number of fused-ring (bicyclic) bond motifs is 1. The highest BCUT2D eigenvalue weighted by Crippen LogP contribution is 2.18. The van der Waals surface area contributed by atoms with E-state index in [0.29, 0.717) is 17.8 Å². The molecule has 3 aromatic rings. The lowest BCUT2D eigenvalue weighted by atomic mass is 10.2. The third-order valence-electron chi connectivity index (χ3n) is 3.78. The third kappa shape index (κ3) is 3.27. The van der Waals surface area contributed by atoms with Gasteiger partial charge in [0.2, 0.25) is 5.91 Å². The van der Waals surface area contributed by atoms with Gasteiger partial charge in [-0.25, -0.2) is 4.98 Å². The molecule has 1 aromatic carbocycles. The highest BCUT2D eigenvalue weighted by molar-refractivity contribution is 5.95. The molecule has 0 bridgehead atoms. The molecule has 3 rings (SSSR count). The molecule has 0 fully saturated rings. The van der Waals surface area contributed by atoms with E-state index >= 15 is 0 Å². The Balaban J connectivity index is 1.81. The van der Waals surface area contributed by atoms with Gasteiger partial charge in [-0.1, -0.05) is 18.2 Å². The Labute approximate surface area is 138 Å². The summed E-state index contributed by atoms with van der Waals surface area (Å²) in [6.07, 6.45) is 4.99. The number of amides is 1. The van der Waals surface area contributed by atoms with Crippen LogP contribution < -0.4 is 5.32 Å². The fourth-order valence-electron chi connectivity index (χ4n) is 2.58. The van der Waals surface area contributed by atoms with E-state index in [9.17, 15) is 9.90 Å². The maximum absolute atomic E-state index is 12.5. The maximum atomic E-state index is 12.5. The zero-order valence-corrected chi connectivity index (χ0v) is 13.0. The molecule has 2 heterocycles. The lowest BCUT2D eigenvalue weighted by Crippen LogP contribution is -2.29. The van der Waals surface area contributed by atoms with Gasteiger partial charge < -0.3 is 20.1 Å². The molecule has 0 saturated carbocycles. The van der Waals surface area contributed by atoms with Crippen LogP contribution in [0.1, 0.15) is 11.7 Å². The van der Waals surface area contributed by atoms with Crippen molar-refractivity contribution >= 4 is 22.5 Å². The standard InChI is InChI=1S/C17H18N4O3/c22-6-5-14-9-18-11-21(14)16(10-23)17(24)20-13-7-12-3-1-2-4-15(12)19-8-13/h1-4,7-9,11,16,22-23H,5-6,10H2,(H,20,24). The van der Waals surface area contributed by atoms with Crippen LogP contribution in [0.15, 0.2) is 49.1 Å². The molecular weight excluding hydrogens is 308 g/mol. The first kappa shape index (κ1) is 16.1. The van der Waals surface area contributed by atoms with Crippen molar-refractivity contribution in [1.29, 1.82) is 0 Å². The minimum atomic E-state index is -0.819. The number of nitrogens with one attached hydrogen (secondary N) is 1. The van der Waals surface area contributed by atoms with Crippen molar-refractivity contribution in [3.8, 4) is 0 Å². The monoisotopic (exact) mass is 326 g/mol. The maximum Gasteiger partial charge on any atom is 0.249 e. The van der Waals surface area contributed by atoms with Gasteiger partial charge in [0, 0.05) is 30.3 Å². The molecule has 0 aliphatic heterocycles. The number of aliphatic hydroxyl groups is 2. The van der Waals surface area contributed by atoms with Crippen LogP contribution in [0.3, 0.4) is 0 Å². The first-order valence-corrected chi connectivity index (χ1v) is 7.61. The number of hydrogen-bond donors (Lipinski definition) is 3. The van der Waals surface area contributed by atoms with Crippen molar-refractivity contribution in [2.45, 2.75) is 12.5 Å². The molecule has 7 heteroatoms. The van der Waals surface area contributed by atoms with E-state index in [-0.39, 0.29) is 19.1 Å². The number of imidazole rings is 1. The van der Waals surface area contributed by atoms with E-state index < -0.39 is 6.04 Å². The van der Waals surface area contributed by atoms with Gasteiger partial charge in [0.05, 0.1) is 30.3 Å². The normalized spacial score (nSPS) is 12.2. The van der Waals surface area contributed by atoms with Crippen LogP contribution in [0, 0.1) is 0 Å². The Hall–Kier alpha value is -2.77. The minimum absolute atomic E-state index is 0.0555. The molecule has 0 spiro atoms. The molecule has 3 N–H and O–H groups in total. The average Bonchev–Trinajstić information content (AvgIpc) is 3.04. The third-order valence-corrected chi connectivity index (χ3v) is 3.78. The number of anilines is 1. The second-order valence-electron chi connectivity index (χ2n) is 5.37. The highest BCUT2D eigenvalue weighted by Gasteiger charge is 2.22. The van der Waals surface area contributed by atoms with E-state index in [4.69, 9.17) is 5.11 Å². The summed E-state index contributed by atoms with van der Waals surface area (Å²) in [5.74, 6) is -0.369. The Morgan fingerprint density at radius 1 is 1.25 bits per heavy atom. The van der Waals surface area contributed by atoms with Crippen molar-refractivity contribution in [2.24, 2.45) is 0 Å². The Morgan fingerprint density at radius 3 is 2.88 bits per heavy atom. The smallest absolute Gasteiger partial charge is 0.249 e. The SMILES string of the molecule is O=C(Nc1cnc2ccccc2c1)C(CO)n1cncc1CCO. The Kier molecular flexibility index (Phi) is 4.83. The highest BCUT2D eigenvalue weighted by atomic mass is 16.3. The van der Waals surface area contributed by atoms with Crippen LogP contribution in [0.2, 0.25) is 0 Å². The van der Waals surface area contributed by atoms with Crippen molar-refractivity contribution in [2.75, 3.05) is 18.5 Å². The first-order valence-electron chi connectivity index (χ1n) is 7.61. The zero-order valence-electron chi connectivity index (χ0n) is 13.0. The molecule has 24 heavy (non-hydrogen) atoms.